The highest BCUT2D eigenvalue weighted by Gasteiger charge is 2.29. The topological polar surface area (TPSA) is 181 Å². The summed E-state index contributed by atoms with van der Waals surface area (Å²) in [4.78, 5) is 46.0. The van der Waals surface area contributed by atoms with Gasteiger partial charge in [-0.1, -0.05) is 32.9 Å². The zero-order valence-electron chi connectivity index (χ0n) is 19.0. The Morgan fingerprint density at radius 2 is 1.72 bits per heavy atom. The molecular formula is C21H34N6O5. The number of rotatable bonds is 11. The maximum atomic E-state index is 12.9. The van der Waals surface area contributed by atoms with Crippen molar-refractivity contribution in [3.05, 3.63) is 29.8 Å². The summed E-state index contributed by atoms with van der Waals surface area (Å²) >= 11 is 0. The lowest BCUT2D eigenvalue weighted by Crippen LogP contribution is -2.55. The van der Waals surface area contributed by atoms with Gasteiger partial charge in [-0.2, -0.15) is 0 Å². The summed E-state index contributed by atoms with van der Waals surface area (Å²) in [6.07, 6.45) is 0.848. The van der Waals surface area contributed by atoms with E-state index in [9.17, 15) is 19.5 Å². The number of aromatic hydroxyl groups is 1. The Morgan fingerprint density at radius 1 is 1.09 bits per heavy atom. The molecule has 0 aliphatic heterocycles. The SMILES string of the molecule is CONC(N)=NCCCC(NC(=O)C(C)(C)C)C(=O)NC(Cc1ccc(O)cc1)C(N)=O. The van der Waals surface area contributed by atoms with Crippen molar-refractivity contribution in [2.24, 2.45) is 21.9 Å². The molecule has 1 aromatic rings. The molecule has 0 bridgehead atoms. The molecule has 0 aliphatic carbocycles. The van der Waals surface area contributed by atoms with Crippen molar-refractivity contribution >= 4 is 23.7 Å². The largest absolute Gasteiger partial charge is 0.508 e. The molecule has 11 nitrogen and oxygen atoms in total. The number of guanidine groups is 1. The predicted octanol–water partition coefficient (Wildman–Crippen LogP) is -0.318. The van der Waals surface area contributed by atoms with Gasteiger partial charge in [0.1, 0.15) is 17.8 Å². The van der Waals surface area contributed by atoms with Gasteiger partial charge in [0.25, 0.3) is 0 Å². The quantitative estimate of drug-likeness (QED) is 0.116. The predicted molar refractivity (Wildman–Crippen MR) is 120 cm³/mol. The molecule has 1 rings (SSSR count). The van der Waals surface area contributed by atoms with Gasteiger partial charge in [-0.15, -0.1) is 0 Å². The summed E-state index contributed by atoms with van der Waals surface area (Å²) in [5.74, 6) is -1.37. The highest BCUT2D eigenvalue weighted by Crippen LogP contribution is 2.15. The number of hydroxylamine groups is 1. The maximum absolute atomic E-state index is 12.9. The van der Waals surface area contributed by atoms with E-state index in [2.05, 4.69) is 25.9 Å². The van der Waals surface area contributed by atoms with Gasteiger partial charge in [-0.3, -0.25) is 24.2 Å². The van der Waals surface area contributed by atoms with Gasteiger partial charge in [0.15, 0.2) is 0 Å². The van der Waals surface area contributed by atoms with Crippen LogP contribution in [0.25, 0.3) is 0 Å². The number of amides is 3. The molecule has 0 saturated heterocycles. The molecule has 0 spiro atoms. The van der Waals surface area contributed by atoms with E-state index >= 15 is 0 Å². The van der Waals surface area contributed by atoms with Crippen LogP contribution in [-0.4, -0.2) is 54.5 Å². The molecule has 1 aromatic carbocycles. The second kappa shape index (κ2) is 12.5. The first kappa shape index (κ1) is 26.7. The lowest BCUT2D eigenvalue weighted by molar-refractivity contribution is -0.134. The molecular weight excluding hydrogens is 416 g/mol. The summed E-state index contributed by atoms with van der Waals surface area (Å²) in [7, 11) is 1.40. The van der Waals surface area contributed by atoms with E-state index in [0.717, 1.165) is 0 Å². The number of primary amides is 1. The van der Waals surface area contributed by atoms with Crippen molar-refractivity contribution in [1.82, 2.24) is 16.1 Å². The highest BCUT2D eigenvalue weighted by atomic mass is 16.6. The summed E-state index contributed by atoms with van der Waals surface area (Å²) in [5, 5.41) is 14.8. The molecule has 32 heavy (non-hydrogen) atoms. The van der Waals surface area contributed by atoms with Gasteiger partial charge in [0, 0.05) is 18.4 Å². The smallest absolute Gasteiger partial charge is 0.243 e. The Hall–Kier alpha value is -3.34. The first-order valence-corrected chi connectivity index (χ1v) is 10.2. The van der Waals surface area contributed by atoms with E-state index in [1.165, 1.54) is 19.2 Å². The second-order valence-electron chi connectivity index (χ2n) is 8.33. The van der Waals surface area contributed by atoms with Crippen LogP contribution >= 0.6 is 0 Å². The fraction of sp³-hybridized carbons (Fsp3) is 0.524. The fourth-order valence-corrected chi connectivity index (χ4v) is 2.64. The van der Waals surface area contributed by atoms with Gasteiger partial charge < -0.3 is 27.2 Å². The number of hydrogen-bond acceptors (Lipinski definition) is 6. The van der Waals surface area contributed by atoms with Gasteiger partial charge in [0.05, 0.1) is 7.11 Å². The van der Waals surface area contributed by atoms with E-state index in [-0.39, 0.29) is 30.5 Å². The number of nitrogens with two attached hydrogens (primary N) is 2. The Kier molecular flexibility index (Phi) is 10.4. The minimum absolute atomic E-state index is 0.0855. The number of aliphatic imine (C=N–C) groups is 1. The Balaban J connectivity index is 2.87. The second-order valence-corrected chi connectivity index (χ2v) is 8.33. The van der Waals surface area contributed by atoms with E-state index in [1.807, 2.05) is 0 Å². The Labute approximate surface area is 187 Å². The maximum Gasteiger partial charge on any atom is 0.243 e. The van der Waals surface area contributed by atoms with Crippen molar-refractivity contribution in [2.45, 2.75) is 52.1 Å². The van der Waals surface area contributed by atoms with Crippen molar-refractivity contribution in [3.8, 4) is 5.75 Å². The van der Waals surface area contributed by atoms with E-state index < -0.39 is 29.3 Å². The minimum atomic E-state index is -0.986. The van der Waals surface area contributed by atoms with Gasteiger partial charge >= 0.3 is 0 Å². The molecule has 0 aromatic heterocycles. The number of phenols is 1. The Morgan fingerprint density at radius 3 is 2.25 bits per heavy atom. The van der Waals surface area contributed by atoms with Crippen LogP contribution in [0.4, 0.5) is 0 Å². The van der Waals surface area contributed by atoms with Gasteiger partial charge in [0.2, 0.25) is 23.7 Å². The minimum Gasteiger partial charge on any atom is -0.508 e. The number of nitrogens with one attached hydrogen (secondary N) is 3. The van der Waals surface area contributed by atoms with Gasteiger partial charge in [-0.05, 0) is 30.5 Å². The van der Waals surface area contributed by atoms with E-state index in [1.54, 1.807) is 32.9 Å². The number of hydrogen-bond donors (Lipinski definition) is 6. The third-order valence-corrected chi connectivity index (χ3v) is 4.48. The normalized spacial score (nSPS) is 13.7. The zero-order valence-corrected chi connectivity index (χ0v) is 19.0. The number of phenolic OH excluding ortho intramolecular Hbond substituents is 1. The molecule has 0 fully saturated rings. The first-order valence-electron chi connectivity index (χ1n) is 10.2. The monoisotopic (exact) mass is 450 g/mol. The molecule has 2 unspecified atom stereocenters. The first-order chi connectivity index (χ1) is 14.9. The third-order valence-electron chi connectivity index (χ3n) is 4.48. The van der Waals surface area contributed by atoms with E-state index in [0.29, 0.717) is 18.5 Å². The zero-order chi connectivity index (χ0) is 24.3. The van der Waals surface area contributed by atoms with Crippen LogP contribution in [0, 0.1) is 5.41 Å². The number of benzene rings is 1. The number of carbonyl (C=O) groups is 3. The number of carbonyl (C=O) groups excluding carboxylic acids is 3. The molecule has 8 N–H and O–H groups in total. The average Bonchev–Trinajstić information content (AvgIpc) is 2.70. The fourth-order valence-electron chi connectivity index (χ4n) is 2.64. The molecule has 0 aliphatic rings. The summed E-state index contributed by atoms with van der Waals surface area (Å²) < 4.78 is 0. The summed E-state index contributed by atoms with van der Waals surface area (Å²) in [6.45, 7) is 5.49. The van der Waals surface area contributed by atoms with E-state index in [4.69, 9.17) is 11.5 Å². The van der Waals surface area contributed by atoms with Crippen molar-refractivity contribution in [1.29, 1.82) is 0 Å². The van der Waals surface area contributed by atoms with Crippen molar-refractivity contribution < 1.29 is 24.3 Å². The molecule has 178 valence electrons. The van der Waals surface area contributed by atoms with Crippen LogP contribution in [0.15, 0.2) is 29.3 Å². The van der Waals surface area contributed by atoms with Crippen LogP contribution in [0.5, 0.6) is 5.75 Å². The average molecular weight is 451 g/mol. The molecule has 0 radical (unpaired) electrons. The molecule has 3 amide bonds. The molecule has 0 heterocycles. The molecule has 2 atom stereocenters. The van der Waals surface area contributed by atoms with Crippen molar-refractivity contribution in [2.75, 3.05) is 13.7 Å². The van der Waals surface area contributed by atoms with Crippen LogP contribution < -0.4 is 27.6 Å². The summed E-state index contributed by atoms with van der Waals surface area (Å²) in [5.41, 5.74) is 13.4. The number of nitrogens with zero attached hydrogens (tertiary/aromatic N) is 1. The lowest BCUT2D eigenvalue weighted by Gasteiger charge is -2.25. The standard InChI is InChI=1S/C21H34N6O5/c1-21(2,3)19(31)26-15(6-5-11-24-20(23)27-32-4)18(30)25-16(17(22)29)12-13-7-9-14(28)10-8-13/h7-10,15-16,28H,5-6,11-12H2,1-4H3,(H2,22,29)(H,25,30)(H,26,31)(H3,23,24,27). The highest BCUT2D eigenvalue weighted by molar-refractivity contribution is 5.92. The molecule has 0 saturated carbocycles. The third kappa shape index (κ3) is 9.65. The summed E-state index contributed by atoms with van der Waals surface area (Å²) in [6, 6.07) is 4.34. The molecule has 11 heteroatoms. The Bertz CT molecular complexity index is 804. The van der Waals surface area contributed by atoms with Gasteiger partial charge in [-0.25, -0.2) is 5.48 Å². The lowest BCUT2D eigenvalue weighted by atomic mass is 9.94. The van der Waals surface area contributed by atoms with Crippen LogP contribution in [0.3, 0.4) is 0 Å². The van der Waals surface area contributed by atoms with Crippen LogP contribution in [0.1, 0.15) is 39.2 Å². The van der Waals surface area contributed by atoms with Crippen LogP contribution in [0.2, 0.25) is 0 Å². The van der Waals surface area contributed by atoms with Crippen LogP contribution in [-0.2, 0) is 25.6 Å². The van der Waals surface area contributed by atoms with Crippen molar-refractivity contribution in [3.63, 3.8) is 0 Å².